The van der Waals surface area contributed by atoms with Gasteiger partial charge in [-0.1, -0.05) is 12.1 Å². The number of nitrogens with one attached hydrogen (secondary N) is 1. The van der Waals surface area contributed by atoms with Crippen molar-refractivity contribution in [2.45, 2.75) is 31.8 Å². The number of halogens is 1. The van der Waals surface area contributed by atoms with E-state index in [-0.39, 0.29) is 24.6 Å². The van der Waals surface area contributed by atoms with Gasteiger partial charge in [0.25, 0.3) is 0 Å². The van der Waals surface area contributed by atoms with Crippen molar-refractivity contribution in [3.8, 4) is 0 Å². The van der Waals surface area contributed by atoms with Crippen LogP contribution >= 0.6 is 15.9 Å². The molecule has 2 atom stereocenters. The third-order valence-electron chi connectivity index (χ3n) is 3.43. The number of aliphatic hydroxyl groups is 1. The van der Waals surface area contributed by atoms with Gasteiger partial charge >= 0.3 is 0 Å². The maximum Gasteiger partial charge on any atom is 0.243 e. The zero-order valence-electron chi connectivity index (χ0n) is 11.0. The molecule has 1 aromatic rings. The molecule has 1 heterocycles. The quantitative estimate of drug-likeness (QED) is 0.892. The third kappa shape index (κ3) is 3.28. The van der Waals surface area contributed by atoms with Crippen LogP contribution in [0.5, 0.6) is 0 Å². The highest BCUT2D eigenvalue weighted by Crippen LogP contribution is 2.29. The summed E-state index contributed by atoms with van der Waals surface area (Å²) in [5, 5.41) is 12.2. The molecule has 0 aliphatic carbocycles. The molecule has 2 unspecified atom stereocenters. The van der Waals surface area contributed by atoms with Crippen LogP contribution in [0.1, 0.15) is 19.8 Å². The molecule has 2 rings (SSSR count). The Morgan fingerprint density at radius 2 is 2.21 bits per heavy atom. The van der Waals surface area contributed by atoms with Crippen LogP contribution in [-0.4, -0.2) is 36.2 Å². The first-order valence-corrected chi connectivity index (χ1v) is 7.35. The van der Waals surface area contributed by atoms with Crippen molar-refractivity contribution >= 4 is 27.5 Å². The summed E-state index contributed by atoms with van der Waals surface area (Å²) in [5.74, 6) is -0.00481. The summed E-state index contributed by atoms with van der Waals surface area (Å²) in [4.78, 5) is 14.3. The normalized spacial score (nSPS) is 23.9. The van der Waals surface area contributed by atoms with E-state index >= 15 is 0 Å². The van der Waals surface area contributed by atoms with E-state index in [1.807, 2.05) is 31.2 Å². The lowest BCUT2D eigenvalue weighted by Crippen LogP contribution is -2.46. The highest BCUT2D eigenvalue weighted by Gasteiger charge is 2.30. The molecule has 1 saturated heterocycles. The van der Waals surface area contributed by atoms with E-state index in [4.69, 9.17) is 0 Å². The minimum atomic E-state index is -0.311. The number of carbonyl (C=O) groups excluding carboxylic acids is 1. The molecule has 104 valence electrons. The summed E-state index contributed by atoms with van der Waals surface area (Å²) in [5.41, 5.74) is 1.00. The molecule has 0 spiro atoms. The first kappa shape index (κ1) is 14.3. The smallest absolute Gasteiger partial charge is 0.243 e. The van der Waals surface area contributed by atoms with Crippen molar-refractivity contribution in [3.63, 3.8) is 0 Å². The van der Waals surface area contributed by atoms with Crippen molar-refractivity contribution in [1.82, 2.24) is 5.32 Å². The minimum Gasteiger partial charge on any atom is -0.396 e. The Kier molecular flexibility index (Phi) is 4.82. The Labute approximate surface area is 121 Å². The predicted octanol–water partition coefficient (Wildman–Crippen LogP) is 1.91. The van der Waals surface area contributed by atoms with E-state index < -0.39 is 0 Å². The summed E-state index contributed by atoms with van der Waals surface area (Å²) in [6.45, 7) is 2.82. The van der Waals surface area contributed by atoms with Gasteiger partial charge in [-0.05, 0) is 47.8 Å². The number of benzene rings is 1. The number of rotatable bonds is 3. The zero-order valence-corrected chi connectivity index (χ0v) is 12.6. The van der Waals surface area contributed by atoms with E-state index in [9.17, 15) is 9.90 Å². The maximum absolute atomic E-state index is 12.2. The van der Waals surface area contributed by atoms with Gasteiger partial charge in [0.05, 0.1) is 5.69 Å². The van der Waals surface area contributed by atoms with Gasteiger partial charge in [0.1, 0.15) is 6.04 Å². The molecule has 0 bridgehead atoms. The summed E-state index contributed by atoms with van der Waals surface area (Å²) in [6.07, 6.45) is 1.34. The fourth-order valence-corrected chi connectivity index (χ4v) is 2.94. The molecule has 1 amide bonds. The maximum atomic E-state index is 12.2. The number of amides is 1. The molecular weight excluding hydrogens is 308 g/mol. The van der Waals surface area contributed by atoms with Gasteiger partial charge in [0, 0.05) is 23.7 Å². The minimum absolute atomic E-state index is 0.00481. The monoisotopic (exact) mass is 326 g/mol. The molecular formula is C14H19BrN2O2. The predicted molar refractivity (Wildman–Crippen MR) is 79.2 cm³/mol. The SMILES string of the molecule is CC1CCN(c2ccccc2Br)C(CCO)C(=O)N1. The van der Waals surface area contributed by atoms with Gasteiger partial charge in [-0.2, -0.15) is 0 Å². The number of anilines is 1. The highest BCUT2D eigenvalue weighted by atomic mass is 79.9. The van der Waals surface area contributed by atoms with Crippen LogP contribution in [0.15, 0.2) is 28.7 Å². The van der Waals surface area contributed by atoms with Crippen LogP contribution in [0, 0.1) is 0 Å². The van der Waals surface area contributed by atoms with Crippen LogP contribution < -0.4 is 10.2 Å². The molecule has 0 aromatic heterocycles. The number of hydrogen-bond acceptors (Lipinski definition) is 3. The van der Waals surface area contributed by atoms with Crippen molar-refractivity contribution in [2.24, 2.45) is 0 Å². The van der Waals surface area contributed by atoms with Gasteiger partial charge in [0.15, 0.2) is 0 Å². The van der Waals surface area contributed by atoms with E-state index in [1.165, 1.54) is 0 Å². The second-order valence-corrected chi connectivity index (χ2v) is 5.73. The molecule has 1 fully saturated rings. The lowest BCUT2D eigenvalue weighted by Gasteiger charge is -2.30. The van der Waals surface area contributed by atoms with Crippen LogP contribution in [0.4, 0.5) is 5.69 Å². The zero-order chi connectivity index (χ0) is 13.8. The van der Waals surface area contributed by atoms with Crippen LogP contribution in [0.2, 0.25) is 0 Å². The van der Waals surface area contributed by atoms with Crippen molar-refractivity contribution < 1.29 is 9.90 Å². The second kappa shape index (κ2) is 6.39. The summed E-state index contributed by atoms with van der Waals surface area (Å²) in [6, 6.07) is 7.74. The lowest BCUT2D eigenvalue weighted by atomic mass is 10.1. The fraction of sp³-hybridized carbons (Fsp3) is 0.500. The number of aliphatic hydroxyl groups excluding tert-OH is 1. The topological polar surface area (TPSA) is 52.6 Å². The Morgan fingerprint density at radius 3 is 2.89 bits per heavy atom. The summed E-state index contributed by atoms with van der Waals surface area (Å²) in [7, 11) is 0. The number of para-hydroxylation sites is 1. The number of hydrogen-bond donors (Lipinski definition) is 2. The molecule has 5 heteroatoms. The van der Waals surface area contributed by atoms with E-state index in [0.717, 1.165) is 23.1 Å². The van der Waals surface area contributed by atoms with Gasteiger partial charge in [-0.3, -0.25) is 4.79 Å². The second-order valence-electron chi connectivity index (χ2n) is 4.87. The van der Waals surface area contributed by atoms with Crippen LogP contribution in [0.25, 0.3) is 0 Å². The summed E-state index contributed by atoms with van der Waals surface area (Å²) >= 11 is 3.54. The summed E-state index contributed by atoms with van der Waals surface area (Å²) < 4.78 is 0.972. The highest BCUT2D eigenvalue weighted by molar-refractivity contribution is 9.10. The molecule has 2 N–H and O–H groups in total. The van der Waals surface area contributed by atoms with E-state index in [1.54, 1.807) is 0 Å². The molecule has 1 aliphatic rings. The standard InChI is InChI=1S/C14H19BrN2O2/c1-10-6-8-17(12-5-3-2-4-11(12)15)13(7-9-18)14(19)16-10/h2-5,10,13,18H,6-9H2,1H3,(H,16,19). The average molecular weight is 327 g/mol. The average Bonchev–Trinajstić information content (AvgIpc) is 2.51. The third-order valence-corrected chi connectivity index (χ3v) is 4.11. The Hall–Kier alpha value is -1.07. The van der Waals surface area contributed by atoms with E-state index in [2.05, 4.69) is 26.1 Å². The van der Waals surface area contributed by atoms with Crippen LogP contribution in [0.3, 0.4) is 0 Å². The lowest BCUT2D eigenvalue weighted by molar-refractivity contribution is -0.122. The van der Waals surface area contributed by atoms with Crippen molar-refractivity contribution in [2.75, 3.05) is 18.1 Å². The molecule has 1 aromatic carbocycles. The van der Waals surface area contributed by atoms with Crippen molar-refractivity contribution in [1.29, 1.82) is 0 Å². The molecule has 0 radical (unpaired) electrons. The Morgan fingerprint density at radius 1 is 1.47 bits per heavy atom. The van der Waals surface area contributed by atoms with Gasteiger partial charge in [-0.15, -0.1) is 0 Å². The van der Waals surface area contributed by atoms with E-state index in [0.29, 0.717) is 6.42 Å². The molecule has 4 nitrogen and oxygen atoms in total. The first-order chi connectivity index (χ1) is 9.13. The molecule has 1 aliphatic heterocycles. The van der Waals surface area contributed by atoms with Gasteiger partial charge < -0.3 is 15.3 Å². The Bertz CT molecular complexity index is 453. The fourth-order valence-electron chi connectivity index (χ4n) is 2.42. The van der Waals surface area contributed by atoms with Crippen LogP contribution in [-0.2, 0) is 4.79 Å². The number of nitrogens with zero attached hydrogens (tertiary/aromatic N) is 1. The molecule has 0 saturated carbocycles. The molecule has 19 heavy (non-hydrogen) atoms. The van der Waals surface area contributed by atoms with Crippen molar-refractivity contribution in [3.05, 3.63) is 28.7 Å². The Balaban J connectivity index is 2.33. The first-order valence-electron chi connectivity index (χ1n) is 6.56. The van der Waals surface area contributed by atoms with Gasteiger partial charge in [-0.25, -0.2) is 0 Å². The number of carbonyl (C=O) groups is 1. The largest absolute Gasteiger partial charge is 0.396 e. The van der Waals surface area contributed by atoms with Gasteiger partial charge in [0.2, 0.25) is 5.91 Å².